The van der Waals surface area contributed by atoms with Gasteiger partial charge in [0.2, 0.25) is 0 Å². The first-order valence-corrected chi connectivity index (χ1v) is 6.00. The van der Waals surface area contributed by atoms with Gasteiger partial charge >= 0.3 is 0 Å². The fraction of sp³-hybridized carbons (Fsp3) is 0.400. The molecule has 0 unspecified atom stereocenters. The summed E-state index contributed by atoms with van der Waals surface area (Å²) in [5, 5.41) is 0. The van der Waals surface area contributed by atoms with Crippen LogP contribution in [0.3, 0.4) is 0 Å². The molecule has 0 fully saturated rings. The molecule has 1 rings (SSSR count). The first-order valence-electron chi connectivity index (χ1n) is 6.00. The van der Waals surface area contributed by atoms with Crippen LogP contribution >= 0.6 is 0 Å². The predicted molar refractivity (Wildman–Crippen MR) is 70.7 cm³/mol. The molecule has 0 N–H and O–H groups in total. The molecule has 17 heavy (non-hydrogen) atoms. The fourth-order valence-electron chi connectivity index (χ4n) is 1.73. The Balaban J connectivity index is 3.11. The molecule has 92 valence electrons. The number of benzene rings is 1. The van der Waals surface area contributed by atoms with Crippen molar-refractivity contribution in [1.82, 2.24) is 0 Å². The standard InChI is InChI=1S/C15H20O2/c1-5-12(6-2)10-14(16)13-9-11(3)7-8-15(13)17-4/h7-10H,5-6H2,1-4H3. The molecule has 0 atom stereocenters. The number of allylic oxidation sites excluding steroid dienone is 2. The lowest BCUT2D eigenvalue weighted by molar-refractivity contribution is 0.104. The molecular weight excluding hydrogens is 212 g/mol. The summed E-state index contributed by atoms with van der Waals surface area (Å²) in [7, 11) is 1.59. The number of ketones is 1. The molecule has 0 bridgehead atoms. The molecule has 0 radical (unpaired) electrons. The van der Waals surface area contributed by atoms with Gasteiger partial charge in [0.15, 0.2) is 5.78 Å². The van der Waals surface area contributed by atoms with Crippen LogP contribution in [0.2, 0.25) is 0 Å². The second kappa shape index (κ2) is 6.24. The normalized spacial score (nSPS) is 9.88. The Morgan fingerprint density at radius 2 is 1.94 bits per heavy atom. The summed E-state index contributed by atoms with van der Waals surface area (Å²) in [6.07, 6.45) is 3.56. The van der Waals surface area contributed by atoms with Crippen molar-refractivity contribution in [2.24, 2.45) is 0 Å². The van der Waals surface area contributed by atoms with Gasteiger partial charge in [0, 0.05) is 0 Å². The molecule has 0 aliphatic carbocycles. The van der Waals surface area contributed by atoms with Gasteiger partial charge < -0.3 is 4.74 Å². The van der Waals surface area contributed by atoms with Crippen LogP contribution in [-0.4, -0.2) is 12.9 Å². The maximum absolute atomic E-state index is 12.1. The smallest absolute Gasteiger partial charge is 0.189 e. The Bertz CT molecular complexity index is 425. The van der Waals surface area contributed by atoms with Crippen LogP contribution in [0.4, 0.5) is 0 Å². The van der Waals surface area contributed by atoms with Crippen LogP contribution in [0.1, 0.15) is 42.6 Å². The molecule has 1 aromatic carbocycles. The SMILES string of the molecule is CCC(=CC(=O)c1cc(C)ccc1OC)CC. The van der Waals surface area contributed by atoms with Gasteiger partial charge in [-0.05, 0) is 38.0 Å². The van der Waals surface area contributed by atoms with E-state index in [0.29, 0.717) is 11.3 Å². The summed E-state index contributed by atoms with van der Waals surface area (Å²) in [4.78, 5) is 12.1. The molecule has 2 heteroatoms. The second-order valence-corrected chi connectivity index (χ2v) is 4.08. The maximum atomic E-state index is 12.1. The zero-order chi connectivity index (χ0) is 12.8. The lowest BCUT2D eigenvalue weighted by Crippen LogP contribution is -2.01. The minimum atomic E-state index is 0.0317. The zero-order valence-corrected chi connectivity index (χ0v) is 11.0. The third-order valence-electron chi connectivity index (χ3n) is 2.86. The average Bonchev–Trinajstić information content (AvgIpc) is 2.35. The van der Waals surface area contributed by atoms with Crippen molar-refractivity contribution >= 4 is 5.78 Å². The van der Waals surface area contributed by atoms with E-state index in [-0.39, 0.29) is 5.78 Å². The Kier molecular flexibility index (Phi) is 4.95. The third-order valence-corrected chi connectivity index (χ3v) is 2.86. The van der Waals surface area contributed by atoms with E-state index in [1.807, 2.05) is 25.1 Å². The van der Waals surface area contributed by atoms with E-state index < -0.39 is 0 Å². The Morgan fingerprint density at radius 3 is 2.47 bits per heavy atom. The van der Waals surface area contributed by atoms with Gasteiger partial charge in [0.1, 0.15) is 5.75 Å². The molecule has 1 aromatic rings. The summed E-state index contributed by atoms with van der Waals surface area (Å²) >= 11 is 0. The highest BCUT2D eigenvalue weighted by Gasteiger charge is 2.10. The Morgan fingerprint density at radius 1 is 1.29 bits per heavy atom. The van der Waals surface area contributed by atoms with Crippen LogP contribution in [0.15, 0.2) is 29.8 Å². The van der Waals surface area contributed by atoms with E-state index in [1.54, 1.807) is 13.2 Å². The van der Waals surface area contributed by atoms with E-state index in [2.05, 4.69) is 13.8 Å². The van der Waals surface area contributed by atoms with Crippen LogP contribution in [0.25, 0.3) is 0 Å². The first-order chi connectivity index (χ1) is 8.12. The number of methoxy groups -OCH3 is 1. The van der Waals surface area contributed by atoms with Gasteiger partial charge in [-0.1, -0.05) is 31.1 Å². The molecule has 0 spiro atoms. The van der Waals surface area contributed by atoms with Gasteiger partial charge in [-0.25, -0.2) is 0 Å². The molecule has 0 heterocycles. The first kappa shape index (κ1) is 13.5. The van der Waals surface area contributed by atoms with Crippen molar-refractivity contribution in [3.8, 4) is 5.75 Å². The van der Waals surface area contributed by atoms with E-state index in [1.165, 1.54) is 5.57 Å². The molecule has 0 amide bonds. The van der Waals surface area contributed by atoms with Gasteiger partial charge in [0.05, 0.1) is 12.7 Å². The quantitative estimate of drug-likeness (QED) is 0.568. The highest BCUT2D eigenvalue weighted by atomic mass is 16.5. The van der Waals surface area contributed by atoms with Crippen LogP contribution in [-0.2, 0) is 0 Å². The molecule has 0 saturated heterocycles. The minimum absolute atomic E-state index is 0.0317. The average molecular weight is 232 g/mol. The van der Waals surface area contributed by atoms with E-state index in [4.69, 9.17) is 4.74 Å². The summed E-state index contributed by atoms with van der Waals surface area (Å²) < 4.78 is 5.22. The predicted octanol–water partition coefficient (Wildman–Crippen LogP) is 3.93. The summed E-state index contributed by atoms with van der Waals surface area (Å²) in [6, 6.07) is 5.66. The van der Waals surface area contributed by atoms with E-state index in [0.717, 1.165) is 18.4 Å². The van der Waals surface area contributed by atoms with Crippen LogP contribution in [0.5, 0.6) is 5.75 Å². The van der Waals surface area contributed by atoms with Crippen molar-refractivity contribution in [1.29, 1.82) is 0 Å². The summed E-state index contributed by atoms with van der Waals surface area (Å²) in [5.74, 6) is 0.674. The Hall–Kier alpha value is -1.57. The lowest BCUT2D eigenvalue weighted by Gasteiger charge is -2.07. The van der Waals surface area contributed by atoms with Crippen molar-refractivity contribution in [2.45, 2.75) is 33.6 Å². The molecule has 0 saturated carbocycles. The van der Waals surface area contributed by atoms with Crippen molar-refractivity contribution in [3.63, 3.8) is 0 Å². The Labute approximate surface area is 103 Å². The topological polar surface area (TPSA) is 26.3 Å². The van der Waals surface area contributed by atoms with E-state index >= 15 is 0 Å². The number of carbonyl (C=O) groups excluding carboxylic acids is 1. The van der Waals surface area contributed by atoms with Gasteiger partial charge in [0.25, 0.3) is 0 Å². The largest absolute Gasteiger partial charge is 0.496 e. The number of aryl methyl sites for hydroxylation is 1. The van der Waals surface area contributed by atoms with Crippen molar-refractivity contribution in [2.75, 3.05) is 7.11 Å². The highest BCUT2D eigenvalue weighted by molar-refractivity contribution is 6.07. The van der Waals surface area contributed by atoms with Crippen molar-refractivity contribution in [3.05, 3.63) is 41.0 Å². The fourth-order valence-corrected chi connectivity index (χ4v) is 1.73. The van der Waals surface area contributed by atoms with Gasteiger partial charge in [-0.2, -0.15) is 0 Å². The van der Waals surface area contributed by atoms with Crippen LogP contribution < -0.4 is 4.74 Å². The monoisotopic (exact) mass is 232 g/mol. The highest BCUT2D eigenvalue weighted by Crippen LogP contribution is 2.21. The maximum Gasteiger partial charge on any atom is 0.189 e. The molecule has 0 aromatic heterocycles. The third kappa shape index (κ3) is 3.45. The number of hydrogen-bond donors (Lipinski definition) is 0. The number of ether oxygens (including phenoxy) is 1. The molecule has 0 aliphatic heterocycles. The lowest BCUT2D eigenvalue weighted by atomic mass is 10.0. The summed E-state index contributed by atoms with van der Waals surface area (Å²) in [5.41, 5.74) is 2.88. The number of rotatable bonds is 5. The zero-order valence-electron chi connectivity index (χ0n) is 11.0. The summed E-state index contributed by atoms with van der Waals surface area (Å²) in [6.45, 7) is 6.10. The van der Waals surface area contributed by atoms with E-state index in [9.17, 15) is 4.79 Å². The van der Waals surface area contributed by atoms with Gasteiger partial charge in [-0.3, -0.25) is 4.79 Å². The molecular formula is C15H20O2. The van der Waals surface area contributed by atoms with Crippen molar-refractivity contribution < 1.29 is 9.53 Å². The molecule has 2 nitrogen and oxygen atoms in total. The number of hydrogen-bond acceptors (Lipinski definition) is 2. The number of carbonyl (C=O) groups is 1. The molecule has 0 aliphatic rings. The van der Waals surface area contributed by atoms with Gasteiger partial charge in [-0.15, -0.1) is 0 Å². The minimum Gasteiger partial charge on any atom is -0.496 e. The second-order valence-electron chi connectivity index (χ2n) is 4.08. The van der Waals surface area contributed by atoms with Crippen LogP contribution in [0, 0.1) is 6.92 Å².